The molecule has 27 heavy (non-hydrogen) atoms. The molecular formula is C15H11BF3KN2O4S. The molecule has 2 aromatic heterocycles. The average Bonchev–Trinajstić information content (AvgIpc) is 3.01. The van der Waals surface area contributed by atoms with Crippen molar-refractivity contribution in [3.05, 3.63) is 54.4 Å². The minimum atomic E-state index is -5.54. The maximum absolute atomic E-state index is 13.4. The van der Waals surface area contributed by atoms with Crippen molar-refractivity contribution in [3.63, 3.8) is 0 Å². The Balaban J connectivity index is 0.00000261. The van der Waals surface area contributed by atoms with E-state index in [1.165, 1.54) is 24.3 Å². The van der Waals surface area contributed by atoms with Gasteiger partial charge >= 0.3 is 64.3 Å². The zero-order valence-electron chi connectivity index (χ0n) is 14.3. The number of halogens is 3. The number of ether oxygens (including phenoxy) is 1. The van der Waals surface area contributed by atoms with Gasteiger partial charge in [0.1, 0.15) is 0 Å². The first-order valence-corrected chi connectivity index (χ1v) is 8.70. The summed E-state index contributed by atoms with van der Waals surface area (Å²) in [5, 5.41) is -0.486. The SMILES string of the molecule is COC(=O)c1cnc2c(c1)c([B-](F)(F)F)cn2S(=O)(=O)c1ccccc1.[K+]. The number of methoxy groups -OCH3 is 1. The number of carbonyl (C=O) groups excluding carboxylic acids is 1. The molecule has 0 amide bonds. The minimum Gasteiger partial charge on any atom is -0.465 e. The Labute approximate surface area is 195 Å². The molecule has 1 aromatic carbocycles. The van der Waals surface area contributed by atoms with E-state index in [4.69, 9.17) is 0 Å². The van der Waals surface area contributed by atoms with Gasteiger partial charge in [0.15, 0.2) is 5.65 Å². The van der Waals surface area contributed by atoms with Crippen molar-refractivity contribution in [2.75, 3.05) is 7.11 Å². The summed E-state index contributed by atoms with van der Waals surface area (Å²) in [6.07, 6.45) is 1.46. The number of nitrogens with zero attached hydrogens (tertiary/aromatic N) is 2. The van der Waals surface area contributed by atoms with Gasteiger partial charge in [0.25, 0.3) is 10.0 Å². The van der Waals surface area contributed by atoms with Gasteiger partial charge < -0.3 is 17.7 Å². The summed E-state index contributed by atoms with van der Waals surface area (Å²) >= 11 is 0. The second kappa shape index (κ2) is 8.05. The molecule has 0 bridgehead atoms. The van der Waals surface area contributed by atoms with Gasteiger partial charge in [-0.1, -0.05) is 23.7 Å². The molecule has 3 aromatic rings. The first kappa shape index (κ1) is 22.1. The van der Waals surface area contributed by atoms with Crippen LogP contribution in [0.2, 0.25) is 0 Å². The van der Waals surface area contributed by atoms with Gasteiger partial charge in [0.2, 0.25) is 0 Å². The van der Waals surface area contributed by atoms with Crippen LogP contribution < -0.4 is 56.8 Å². The van der Waals surface area contributed by atoms with Gasteiger partial charge in [0.05, 0.1) is 17.6 Å². The van der Waals surface area contributed by atoms with Crippen LogP contribution >= 0.6 is 0 Å². The van der Waals surface area contributed by atoms with Gasteiger partial charge in [-0.2, -0.15) is 0 Å². The summed E-state index contributed by atoms with van der Waals surface area (Å²) in [7, 11) is -3.22. The Kier molecular flexibility index (Phi) is 6.60. The number of hydrogen-bond donors (Lipinski definition) is 0. The Hall–Kier alpha value is -1.18. The third-order valence-electron chi connectivity index (χ3n) is 3.72. The zero-order chi connectivity index (χ0) is 19.1. The molecule has 12 heteroatoms. The first-order chi connectivity index (χ1) is 12.2. The maximum atomic E-state index is 13.4. The Bertz CT molecular complexity index is 1100. The summed E-state index contributed by atoms with van der Waals surface area (Å²) in [6.45, 7) is -5.54. The molecule has 0 aliphatic rings. The Morgan fingerprint density at radius 2 is 1.81 bits per heavy atom. The van der Waals surface area contributed by atoms with E-state index in [9.17, 15) is 26.2 Å². The third-order valence-corrected chi connectivity index (χ3v) is 5.38. The molecule has 0 radical (unpaired) electrons. The van der Waals surface area contributed by atoms with Crippen molar-refractivity contribution >= 4 is 39.5 Å². The number of esters is 1. The summed E-state index contributed by atoms with van der Waals surface area (Å²) in [4.78, 5) is 15.2. The molecule has 2 heterocycles. The Morgan fingerprint density at radius 1 is 1.19 bits per heavy atom. The average molecular weight is 422 g/mol. The van der Waals surface area contributed by atoms with Crippen molar-refractivity contribution in [1.29, 1.82) is 0 Å². The van der Waals surface area contributed by atoms with Crippen molar-refractivity contribution in [2.45, 2.75) is 4.90 Å². The van der Waals surface area contributed by atoms with Crippen molar-refractivity contribution in [3.8, 4) is 0 Å². The molecule has 0 N–H and O–H groups in total. The van der Waals surface area contributed by atoms with Crippen molar-refractivity contribution in [1.82, 2.24) is 8.96 Å². The quantitative estimate of drug-likeness (QED) is 0.403. The molecule has 0 saturated carbocycles. The number of benzene rings is 1. The third kappa shape index (κ3) is 4.15. The smallest absolute Gasteiger partial charge is 0.465 e. The summed E-state index contributed by atoms with van der Waals surface area (Å²) in [5.74, 6) is -0.876. The fourth-order valence-electron chi connectivity index (χ4n) is 2.48. The second-order valence-electron chi connectivity index (χ2n) is 5.36. The molecule has 0 spiro atoms. The van der Waals surface area contributed by atoms with Gasteiger partial charge in [-0.3, -0.25) is 0 Å². The topological polar surface area (TPSA) is 78.3 Å². The number of fused-ring (bicyclic) bond motifs is 1. The molecule has 0 atom stereocenters. The van der Waals surface area contributed by atoms with Crippen LogP contribution in [-0.4, -0.2) is 37.4 Å². The molecule has 0 fully saturated rings. The molecule has 0 unspecified atom stereocenters. The van der Waals surface area contributed by atoms with E-state index in [1.807, 2.05) is 0 Å². The molecule has 6 nitrogen and oxygen atoms in total. The summed E-state index contributed by atoms with van der Waals surface area (Å²) in [6, 6.07) is 7.95. The van der Waals surface area contributed by atoms with Crippen LogP contribution in [0.25, 0.3) is 11.0 Å². The first-order valence-electron chi connectivity index (χ1n) is 7.26. The Morgan fingerprint density at radius 3 is 2.37 bits per heavy atom. The molecular weight excluding hydrogens is 411 g/mol. The van der Waals surface area contributed by atoms with E-state index < -0.39 is 39.5 Å². The monoisotopic (exact) mass is 422 g/mol. The van der Waals surface area contributed by atoms with Gasteiger partial charge in [-0.05, 0) is 29.8 Å². The molecule has 3 rings (SSSR count). The van der Waals surface area contributed by atoms with Gasteiger partial charge in [0, 0.05) is 6.20 Å². The van der Waals surface area contributed by atoms with E-state index in [1.54, 1.807) is 6.07 Å². The number of rotatable bonds is 4. The number of pyridine rings is 1. The number of carbonyl (C=O) groups is 1. The second-order valence-corrected chi connectivity index (χ2v) is 7.17. The fourth-order valence-corrected chi connectivity index (χ4v) is 3.84. The van der Waals surface area contributed by atoms with Crippen LogP contribution in [0.3, 0.4) is 0 Å². The minimum absolute atomic E-state index is 0. The zero-order valence-corrected chi connectivity index (χ0v) is 18.2. The van der Waals surface area contributed by atoms with E-state index in [0.29, 0.717) is 10.2 Å². The van der Waals surface area contributed by atoms with E-state index in [-0.39, 0.29) is 61.8 Å². The predicted molar refractivity (Wildman–Crippen MR) is 88.8 cm³/mol. The van der Waals surface area contributed by atoms with Crippen LogP contribution in [0.1, 0.15) is 10.4 Å². The molecule has 0 saturated heterocycles. The fraction of sp³-hybridized carbons (Fsp3) is 0.0667. The van der Waals surface area contributed by atoms with Gasteiger partial charge in [-0.25, -0.2) is 22.2 Å². The van der Waals surface area contributed by atoms with E-state index in [0.717, 1.165) is 19.4 Å². The van der Waals surface area contributed by atoms with Crippen molar-refractivity contribution in [2.24, 2.45) is 0 Å². The standard InChI is InChI=1S/C15H11BF3N2O4S.K/c1-25-15(22)10-7-12-13(16(17,18)19)9-21(14(12)20-8-10)26(23,24)11-5-3-2-4-6-11;/h2-9H,1H3;/q-1;+1. The van der Waals surface area contributed by atoms with E-state index in [2.05, 4.69) is 9.72 Å². The normalized spacial score (nSPS) is 11.9. The van der Waals surface area contributed by atoms with Crippen LogP contribution in [0.5, 0.6) is 0 Å². The predicted octanol–water partition coefficient (Wildman–Crippen LogP) is -0.882. The van der Waals surface area contributed by atoms with Crippen LogP contribution in [0.4, 0.5) is 12.9 Å². The van der Waals surface area contributed by atoms with Crippen LogP contribution in [0, 0.1) is 0 Å². The van der Waals surface area contributed by atoms with Crippen LogP contribution in [-0.2, 0) is 14.8 Å². The van der Waals surface area contributed by atoms with Crippen molar-refractivity contribution < 1.29 is 82.3 Å². The molecule has 0 aliphatic heterocycles. The molecule has 136 valence electrons. The number of aromatic nitrogens is 2. The van der Waals surface area contributed by atoms with Gasteiger partial charge in [-0.15, -0.1) is 0 Å². The largest absolute Gasteiger partial charge is 1.00 e. The van der Waals surface area contributed by atoms with Crippen LogP contribution in [0.15, 0.2) is 53.7 Å². The summed E-state index contributed by atoms with van der Waals surface area (Å²) in [5.41, 5.74) is -1.79. The maximum Gasteiger partial charge on any atom is 1.00 e. The number of hydrogen-bond acceptors (Lipinski definition) is 5. The molecule has 0 aliphatic carbocycles. The van der Waals surface area contributed by atoms with E-state index >= 15 is 0 Å². The summed E-state index contributed by atoms with van der Waals surface area (Å²) < 4.78 is 70.8.